The highest BCUT2D eigenvalue weighted by atomic mass is 19.4. The summed E-state index contributed by atoms with van der Waals surface area (Å²) in [7, 11) is 1.67. The minimum absolute atomic E-state index is 0.0293. The van der Waals surface area contributed by atoms with Gasteiger partial charge < -0.3 is 9.64 Å². The maximum absolute atomic E-state index is 12.8. The molecule has 4 rings (SSSR count). The van der Waals surface area contributed by atoms with E-state index >= 15 is 0 Å². The maximum Gasteiger partial charge on any atom is 0.573 e. The first-order valence-electron chi connectivity index (χ1n) is 12.4. The summed E-state index contributed by atoms with van der Waals surface area (Å²) in [6.07, 6.45) is -1.17. The largest absolute Gasteiger partial charge is 0.573 e. The van der Waals surface area contributed by atoms with Gasteiger partial charge in [0.25, 0.3) is 5.56 Å². The van der Waals surface area contributed by atoms with Crippen molar-refractivity contribution in [3.63, 3.8) is 0 Å². The van der Waals surface area contributed by atoms with Crippen molar-refractivity contribution in [2.45, 2.75) is 64.5 Å². The van der Waals surface area contributed by atoms with Crippen molar-refractivity contribution >= 4 is 11.3 Å². The molecule has 0 saturated carbocycles. The Morgan fingerprint density at radius 3 is 2.43 bits per heavy atom. The zero-order valence-corrected chi connectivity index (χ0v) is 21.4. The number of benzene rings is 1. The van der Waals surface area contributed by atoms with Gasteiger partial charge >= 0.3 is 6.36 Å². The minimum Gasteiger partial charge on any atom is -0.406 e. The fourth-order valence-electron chi connectivity index (χ4n) is 5.17. The molecule has 11 heteroatoms. The van der Waals surface area contributed by atoms with E-state index in [1.165, 1.54) is 16.8 Å². The van der Waals surface area contributed by atoms with Crippen molar-refractivity contribution in [1.82, 2.24) is 19.1 Å². The Morgan fingerprint density at radius 2 is 1.84 bits per heavy atom. The zero-order valence-electron chi connectivity index (χ0n) is 21.4. The standard InChI is InChI=1S/C26H31F3N6O2/c1-5-20-16-34(23-13-24(36)32(4)35-14-19(11-12-30)31-25(23)35)21(6-2)15-33(20)17(3)18-7-9-22(10-8-18)37-26(27,28)29/h7-10,13-14,17,20-21H,5-6,11,15-16H2,1-4H3/t17?,20-,21+/m1/s1. The molecule has 1 saturated heterocycles. The summed E-state index contributed by atoms with van der Waals surface area (Å²) in [6, 6.07) is 9.99. The number of halogens is 3. The highest BCUT2D eigenvalue weighted by molar-refractivity contribution is 5.69. The van der Waals surface area contributed by atoms with Crippen LogP contribution < -0.4 is 15.2 Å². The van der Waals surface area contributed by atoms with Gasteiger partial charge in [-0.1, -0.05) is 26.0 Å². The van der Waals surface area contributed by atoms with Crippen LogP contribution >= 0.6 is 0 Å². The first-order valence-corrected chi connectivity index (χ1v) is 12.4. The monoisotopic (exact) mass is 516 g/mol. The molecule has 1 aliphatic rings. The molecule has 2 aromatic heterocycles. The van der Waals surface area contributed by atoms with Crippen molar-refractivity contribution in [2.24, 2.45) is 7.05 Å². The number of alkyl halides is 3. The number of imidazole rings is 1. The molecule has 1 unspecified atom stereocenters. The number of piperazine rings is 1. The summed E-state index contributed by atoms with van der Waals surface area (Å²) in [4.78, 5) is 22.1. The maximum atomic E-state index is 12.8. The van der Waals surface area contributed by atoms with Crippen LogP contribution in [0.4, 0.5) is 18.9 Å². The summed E-state index contributed by atoms with van der Waals surface area (Å²) >= 11 is 0. The number of hydrogen-bond acceptors (Lipinski definition) is 6. The van der Waals surface area contributed by atoms with Crippen LogP contribution in [0, 0.1) is 11.3 Å². The number of anilines is 1. The van der Waals surface area contributed by atoms with E-state index in [0.717, 1.165) is 24.1 Å². The second-order valence-corrected chi connectivity index (χ2v) is 9.39. The Labute approximate surface area is 213 Å². The van der Waals surface area contributed by atoms with Crippen LogP contribution in [0.5, 0.6) is 5.75 Å². The van der Waals surface area contributed by atoms with E-state index in [4.69, 9.17) is 5.26 Å². The van der Waals surface area contributed by atoms with E-state index in [2.05, 4.69) is 46.4 Å². The number of ether oxygens (including phenoxy) is 1. The summed E-state index contributed by atoms with van der Waals surface area (Å²) in [5.74, 6) is -0.239. The fourth-order valence-corrected chi connectivity index (χ4v) is 5.17. The third-order valence-electron chi connectivity index (χ3n) is 7.21. The molecule has 8 nitrogen and oxygen atoms in total. The molecule has 1 aromatic carbocycles. The highest BCUT2D eigenvalue weighted by Gasteiger charge is 2.36. The Balaban J connectivity index is 1.64. The van der Waals surface area contributed by atoms with Crippen molar-refractivity contribution in [3.05, 3.63) is 58.1 Å². The van der Waals surface area contributed by atoms with Gasteiger partial charge in [0.2, 0.25) is 0 Å². The molecule has 0 aliphatic carbocycles. The number of nitrogens with zero attached hydrogens (tertiary/aromatic N) is 6. The first kappa shape index (κ1) is 26.5. The average molecular weight is 517 g/mol. The normalized spacial score (nSPS) is 19.7. The molecule has 0 N–H and O–H groups in total. The van der Waals surface area contributed by atoms with E-state index < -0.39 is 6.36 Å². The lowest BCUT2D eigenvalue weighted by Crippen LogP contribution is -2.59. The molecule has 3 atom stereocenters. The second kappa shape index (κ2) is 10.5. The first-order chi connectivity index (χ1) is 17.6. The van der Waals surface area contributed by atoms with Gasteiger partial charge in [-0.2, -0.15) is 5.26 Å². The molecule has 1 aliphatic heterocycles. The molecular weight excluding hydrogens is 485 g/mol. The fraction of sp³-hybridized carbons (Fsp3) is 0.500. The van der Waals surface area contributed by atoms with Gasteiger partial charge in [0, 0.05) is 44.3 Å². The SMILES string of the molecule is CC[C@H]1CN(C(C)c2ccc(OC(F)(F)F)cc2)[C@H](CC)CN1c1cc(=O)n(C)n2cc(CC#N)nc12. The lowest BCUT2D eigenvalue weighted by atomic mass is 9.96. The number of hydrogen-bond donors (Lipinski definition) is 0. The van der Waals surface area contributed by atoms with Crippen molar-refractivity contribution in [3.8, 4) is 11.8 Å². The Morgan fingerprint density at radius 1 is 1.16 bits per heavy atom. The zero-order chi connectivity index (χ0) is 26.9. The number of aryl methyl sites for hydroxylation is 1. The predicted molar refractivity (Wildman–Crippen MR) is 134 cm³/mol. The van der Waals surface area contributed by atoms with Crippen LogP contribution in [-0.2, 0) is 13.5 Å². The lowest BCUT2D eigenvalue weighted by molar-refractivity contribution is -0.274. The molecule has 0 spiro atoms. The molecule has 0 bridgehead atoms. The van der Waals surface area contributed by atoms with E-state index in [1.807, 2.05) is 0 Å². The quantitative estimate of drug-likeness (QED) is 0.462. The van der Waals surface area contributed by atoms with Crippen molar-refractivity contribution in [1.29, 1.82) is 5.26 Å². The number of nitriles is 1. The van der Waals surface area contributed by atoms with Crippen LogP contribution in [0.3, 0.4) is 0 Å². The van der Waals surface area contributed by atoms with Crippen LogP contribution in [0.15, 0.2) is 41.3 Å². The Hall–Kier alpha value is -3.52. The van der Waals surface area contributed by atoms with Crippen LogP contribution in [0.1, 0.15) is 50.9 Å². The molecule has 3 aromatic rings. The second-order valence-electron chi connectivity index (χ2n) is 9.39. The summed E-state index contributed by atoms with van der Waals surface area (Å²) in [5.41, 5.74) is 2.74. The smallest absolute Gasteiger partial charge is 0.406 e. The molecule has 1 fully saturated rings. The molecule has 198 valence electrons. The number of fused-ring (bicyclic) bond motifs is 1. The number of rotatable bonds is 7. The topological polar surface area (TPSA) is 78.8 Å². The van der Waals surface area contributed by atoms with Crippen molar-refractivity contribution < 1.29 is 17.9 Å². The Bertz CT molecular complexity index is 1340. The molecule has 37 heavy (non-hydrogen) atoms. The van der Waals surface area contributed by atoms with Crippen LogP contribution in [-0.4, -0.2) is 50.6 Å². The molecule has 3 heterocycles. The van der Waals surface area contributed by atoms with Gasteiger partial charge in [-0.15, -0.1) is 13.2 Å². The highest BCUT2D eigenvalue weighted by Crippen LogP contribution is 2.34. The van der Waals surface area contributed by atoms with Crippen LogP contribution in [0.2, 0.25) is 0 Å². The molecular formula is C26H31F3N6O2. The van der Waals surface area contributed by atoms with E-state index in [1.54, 1.807) is 36.0 Å². The Kier molecular flexibility index (Phi) is 7.50. The van der Waals surface area contributed by atoms with E-state index in [9.17, 15) is 18.0 Å². The lowest BCUT2D eigenvalue weighted by Gasteiger charge is -2.49. The summed E-state index contributed by atoms with van der Waals surface area (Å²) < 4.78 is 44.9. The minimum atomic E-state index is -4.72. The van der Waals surface area contributed by atoms with E-state index in [0.29, 0.717) is 24.4 Å². The summed E-state index contributed by atoms with van der Waals surface area (Å²) in [6.45, 7) is 7.64. The third-order valence-corrected chi connectivity index (χ3v) is 7.21. The molecule has 0 radical (unpaired) electrons. The van der Waals surface area contributed by atoms with Gasteiger partial charge in [0.15, 0.2) is 5.65 Å². The summed E-state index contributed by atoms with van der Waals surface area (Å²) in [5, 5.41) is 9.13. The predicted octanol–water partition coefficient (Wildman–Crippen LogP) is 4.44. The van der Waals surface area contributed by atoms with Crippen LogP contribution in [0.25, 0.3) is 5.65 Å². The van der Waals surface area contributed by atoms with Gasteiger partial charge in [-0.05, 0) is 37.5 Å². The third kappa shape index (κ3) is 5.44. The average Bonchev–Trinajstić information content (AvgIpc) is 3.29. The van der Waals surface area contributed by atoms with Gasteiger partial charge in [0.1, 0.15) is 5.75 Å². The van der Waals surface area contributed by atoms with Gasteiger partial charge in [-0.25, -0.2) is 14.2 Å². The number of aromatic nitrogens is 3. The molecule has 0 amide bonds. The van der Waals surface area contributed by atoms with Gasteiger partial charge in [-0.3, -0.25) is 9.69 Å². The van der Waals surface area contributed by atoms with Crippen molar-refractivity contribution in [2.75, 3.05) is 18.0 Å². The van der Waals surface area contributed by atoms with E-state index in [-0.39, 0.29) is 35.9 Å². The van der Waals surface area contributed by atoms with Gasteiger partial charge in [0.05, 0.1) is 30.1 Å².